The highest BCUT2D eigenvalue weighted by Crippen LogP contribution is 2.25. The monoisotopic (exact) mass is 543 g/mol. The predicted molar refractivity (Wildman–Crippen MR) is 141 cm³/mol. The van der Waals surface area contributed by atoms with E-state index < -0.39 is 41.7 Å². The number of carbonyl (C=O) groups is 4. The van der Waals surface area contributed by atoms with E-state index in [1.807, 2.05) is 6.92 Å². The van der Waals surface area contributed by atoms with Crippen LogP contribution >= 0.6 is 0 Å². The molecule has 11 heteroatoms. The van der Waals surface area contributed by atoms with E-state index >= 15 is 0 Å². The molecule has 4 N–H and O–H groups in total. The molecule has 0 spiro atoms. The van der Waals surface area contributed by atoms with E-state index in [-0.39, 0.29) is 37.3 Å². The van der Waals surface area contributed by atoms with Gasteiger partial charge in [0.15, 0.2) is 0 Å². The maximum Gasteiger partial charge on any atom is 0.247 e. The van der Waals surface area contributed by atoms with Crippen molar-refractivity contribution in [1.29, 1.82) is 0 Å². The average Bonchev–Trinajstić information content (AvgIpc) is 3.32. The summed E-state index contributed by atoms with van der Waals surface area (Å²) < 4.78 is 26.4. The molecule has 2 aromatic carbocycles. The topological polar surface area (TPSA) is 120 Å². The van der Waals surface area contributed by atoms with Crippen LogP contribution in [0.2, 0.25) is 0 Å². The number of nitrogens with one attached hydrogen (secondary N) is 4. The fourth-order valence-electron chi connectivity index (χ4n) is 4.40. The summed E-state index contributed by atoms with van der Waals surface area (Å²) in [7, 11) is 1.61. The Labute approximate surface area is 226 Å². The summed E-state index contributed by atoms with van der Waals surface area (Å²) in [5, 5.41) is 11.0. The maximum atomic E-state index is 13.7. The van der Waals surface area contributed by atoms with Gasteiger partial charge in [0, 0.05) is 19.1 Å². The smallest absolute Gasteiger partial charge is 0.247 e. The van der Waals surface area contributed by atoms with Gasteiger partial charge in [-0.15, -0.1) is 0 Å². The average molecular weight is 544 g/mol. The summed E-state index contributed by atoms with van der Waals surface area (Å²) in [6.07, 6.45) is 0.994. The van der Waals surface area contributed by atoms with E-state index in [1.165, 1.54) is 41.3 Å². The third kappa shape index (κ3) is 8.31. The molecular weight excluding hydrogens is 508 g/mol. The van der Waals surface area contributed by atoms with Crippen LogP contribution in [0.3, 0.4) is 0 Å². The Kier molecular flexibility index (Phi) is 10.5. The molecule has 4 amide bonds. The molecule has 210 valence electrons. The van der Waals surface area contributed by atoms with Crippen LogP contribution in [-0.2, 0) is 32.1 Å². The van der Waals surface area contributed by atoms with Crippen molar-refractivity contribution in [3.63, 3.8) is 0 Å². The summed E-state index contributed by atoms with van der Waals surface area (Å²) in [6.45, 7) is 3.45. The molecule has 1 aliphatic heterocycles. The molecule has 1 heterocycles. The summed E-state index contributed by atoms with van der Waals surface area (Å²) in [5.41, 5.74) is 1.31. The summed E-state index contributed by atoms with van der Waals surface area (Å²) in [6, 6.07) is 8.51. The van der Waals surface area contributed by atoms with Crippen LogP contribution in [0.15, 0.2) is 48.5 Å². The van der Waals surface area contributed by atoms with Gasteiger partial charge in [-0.05, 0) is 69.1 Å². The molecule has 0 radical (unpaired) electrons. The molecule has 1 aliphatic rings. The highest BCUT2D eigenvalue weighted by molar-refractivity contribution is 5.94. The van der Waals surface area contributed by atoms with Crippen LogP contribution in [0.5, 0.6) is 0 Å². The van der Waals surface area contributed by atoms with E-state index in [0.29, 0.717) is 24.0 Å². The van der Waals surface area contributed by atoms with Gasteiger partial charge in [0.2, 0.25) is 23.6 Å². The Morgan fingerprint density at radius 2 is 1.51 bits per heavy atom. The normalized spacial score (nSPS) is 18.2. The van der Waals surface area contributed by atoms with Crippen molar-refractivity contribution in [2.24, 2.45) is 0 Å². The minimum atomic E-state index is -1.11. The molecule has 1 saturated heterocycles. The van der Waals surface area contributed by atoms with E-state index in [1.54, 1.807) is 26.1 Å². The zero-order valence-electron chi connectivity index (χ0n) is 22.3. The van der Waals surface area contributed by atoms with Gasteiger partial charge in [-0.25, -0.2) is 8.78 Å². The third-order valence-corrected chi connectivity index (χ3v) is 6.83. The van der Waals surface area contributed by atoms with Crippen LogP contribution < -0.4 is 21.3 Å². The highest BCUT2D eigenvalue weighted by Gasteiger charge is 2.41. The second kappa shape index (κ2) is 13.8. The molecule has 1 unspecified atom stereocenters. The Hall–Kier alpha value is -3.86. The Morgan fingerprint density at radius 3 is 2.10 bits per heavy atom. The number of carbonyl (C=O) groups excluding carboxylic acids is 4. The Balaban J connectivity index is 1.69. The van der Waals surface area contributed by atoms with Crippen LogP contribution in [0.4, 0.5) is 8.78 Å². The molecule has 0 aliphatic carbocycles. The first-order valence-electron chi connectivity index (χ1n) is 12.9. The fraction of sp³-hybridized carbons (Fsp3) is 0.429. The molecule has 9 nitrogen and oxygen atoms in total. The van der Waals surface area contributed by atoms with Gasteiger partial charge < -0.3 is 26.2 Å². The van der Waals surface area contributed by atoms with Crippen LogP contribution in [0.25, 0.3) is 0 Å². The van der Waals surface area contributed by atoms with E-state index in [2.05, 4.69) is 21.3 Å². The molecule has 0 saturated carbocycles. The summed E-state index contributed by atoms with van der Waals surface area (Å²) >= 11 is 0. The Bertz CT molecular complexity index is 1160. The van der Waals surface area contributed by atoms with Crippen molar-refractivity contribution in [1.82, 2.24) is 26.2 Å². The van der Waals surface area contributed by atoms with Crippen LogP contribution in [-0.4, -0.2) is 66.3 Å². The maximum absolute atomic E-state index is 13.7. The minimum Gasteiger partial charge on any atom is -0.353 e. The number of likely N-dealkylation sites (N-methyl/N-ethyl adjacent to an activating group) is 1. The third-order valence-electron chi connectivity index (χ3n) is 6.83. The molecule has 0 bridgehead atoms. The van der Waals surface area contributed by atoms with Gasteiger partial charge in [-0.1, -0.05) is 24.3 Å². The SMILES string of the molecule is CN[C@@H](C)C(=O)N[C@@H](CNC(=O)Cc1ccc(F)cc1)C(=O)N1C(C)CC[C@H]1C(=O)NCc1ccc(F)cc1. The quantitative estimate of drug-likeness (QED) is 0.342. The summed E-state index contributed by atoms with van der Waals surface area (Å²) in [4.78, 5) is 53.4. The van der Waals surface area contributed by atoms with E-state index in [4.69, 9.17) is 0 Å². The van der Waals surface area contributed by atoms with E-state index in [0.717, 1.165) is 0 Å². The lowest BCUT2D eigenvalue weighted by atomic mass is 10.1. The zero-order valence-corrected chi connectivity index (χ0v) is 22.3. The lowest BCUT2D eigenvalue weighted by Gasteiger charge is -2.32. The molecule has 2 aromatic rings. The van der Waals surface area contributed by atoms with Gasteiger partial charge in [-0.3, -0.25) is 19.2 Å². The van der Waals surface area contributed by atoms with Crippen molar-refractivity contribution >= 4 is 23.6 Å². The molecular formula is C28H35F2N5O4. The second-order valence-electron chi connectivity index (χ2n) is 9.71. The number of likely N-dealkylation sites (tertiary alicyclic amines) is 1. The molecule has 3 rings (SSSR count). The fourth-order valence-corrected chi connectivity index (χ4v) is 4.40. The van der Waals surface area contributed by atoms with Gasteiger partial charge >= 0.3 is 0 Å². The number of hydrogen-bond donors (Lipinski definition) is 4. The lowest BCUT2D eigenvalue weighted by molar-refractivity contribution is -0.143. The predicted octanol–water partition coefficient (Wildman–Crippen LogP) is 1.41. The van der Waals surface area contributed by atoms with Crippen LogP contribution in [0.1, 0.15) is 37.8 Å². The van der Waals surface area contributed by atoms with Gasteiger partial charge in [0.05, 0.1) is 12.5 Å². The standard InChI is InChI=1S/C28H35F2N5O4/c1-17-4-13-24(27(38)33-15-20-7-11-22(30)12-8-20)35(17)28(39)23(34-26(37)18(2)31-3)16-32-25(36)14-19-5-9-21(29)10-6-19/h5-12,17-18,23-24,31H,4,13-16H2,1-3H3,(H,32,36)(H,33,38)(H,34,37)/t17?,18-,23-,24-/m0/s1. The minimum absolute atomic E-state index is 0.0312. The van der Waals surface area contributed by atoms with Crippen molar-refractivity contribution < 1.29 is 28.0 Å². The largest absolute Gasteiger partial charge is 0.353 e. The molecule has 0 aromatic heterocycles. The first kappa shape index (κ1) is 29.7. The van der Waals surface area contributed by atoms with Gasteiger partial charge in [0.25, 0.3) is 0 Å². The van der Waals surface area contributed by atoms with Crippen molar-refractivity contribution in [2.45, 2.75) is 63.8 Å². The Morgan fingerprint density at radius 1 is 0.923 bits per heavy atom. The van der Waals surface area contributed by atoms with E-state index in [9.17, 15) is 28.0 Å². The number of rotatable bonds is 11. The van der Waals surface area contributed by atoms with Gasteiger partial charge in [0.1, 0.15) is 23.7 Å². The molecule has 39 heavy (non-hydrogen) atoms. The number of nitrogens with zero attached hydrogens (tertiary/aromatic N) is 1. The molecule has 1 fully saturated rings. The highest BCUT2D eigenvalue weighted by atomic mass is 19.1. The second-order valence-corrected chi connectivity index (χ2v) is 9.71. The molecule has 4 atom stereocenters. The number of halogens is 2. The first-order valence-corrected chi connectivity index (χ1v) is 12.9. The van der Waals surface area contributed by atoms with Crippen LogP contribution in [0, 0.1) is 11.6 Å². The first-order chi connectivity index (χ1) is 18.6. The van der Waals surface area contributed by atoms with Crippen molar-refractivity contribution in [3.8, 4) is 0 Å². The number of hydrogen-bond acceptors (Lipinski definition) is 5. The van der Waals surface area contributed by atoms with Crippen molar-refractivity contribution in [2.75, 3.05) is 13.6 Å². The zero-order chi connectivity index (χ0) is 28.5. The van der Waals surface area contributed by atoms with Gasteiger partial charge in [-0.2, -0.15) is 0 Å². The summed E-state index contributed by atoms with van der Waals surface area (Å²) in [5.74, 6) is -2.48. The van der Waals surface area contributed by atoms with Crippen molar-refractivity contribution in [3.05, 3.63) is 71.3 Å². The number of amides is 4. The number of benzene rings is 2. The lowest BCUT2D eigenvalue weighted by Crippen LogP contribution is -2.59.